The van der Waals surface area contributed by atoms with E-state index in [-0.39, 0.29) is 18.6 Å². The van der Waals surface area contributed by atoms with Gasteiger partial charge in [-0.25, -0.2) is 0 Å². The van der Waals surface area contributed by atoms with Crippen LogP contribution in [0.15, 0.2) is 18.2 Å². The fourth-order valence-corrected chi connectivity index (χ4v) is 1.76. The number of nitrogens with one attached hydrogen (secondary N) is 1. The molecule has 1 rings (SSSR count). The third kappa shape index (κ3) is 3.67. The summed E-state index contributed by atoms with van der Waals surface area (Å²) in [6.45, 7) is 1.79. The fourth-order valence-electron chi connectivity index (χ4n) is 1.23. The first kappa shape index (κ1) is 13.3. The quantitative estimate of drug-likeness (QED) is 0.875. The van der Waals surface area contributed by atoms with E-state index < -0.39 is 0 Å². The summed E-state index contributed by atoms with van der Waals surface area (Å²) in [4.78, 5) is 11.7. The molecule has 1 amide bonds. The number of benzene rings is 1. The molecule has 0 aromatic heterocycles. The number of hydrogen-bond donors (Lipinski definition) is 2. The summed E-state index contributed by atoms with van der Waals surface area (Å²) in [6.07, 6.45) is 0.663. The molecule has 0 bridgehead atoms. The van der Waals surface area contributed by atoms with Crippen LogP contribution in [0.25, 0.3) is 0 Å². The molecule has 88 valence electrons. The van der Waals surface area contributed by atoms with Gasteiger partial charge in [0.1, 0.15) is 0 Å². The Morgan fingerprint density at radius 1 is 1.38 bits per heavy atom. The standard InChI is InChI=1S/C11H13Cl2NO2/c1-2-10(6-15)14-11(16)7-3-8(12)5-9(13)4-7/h3-5,10,15H,2,6H2,1H3,(H,14,16)/t10-/m1/s1. The van der Waals surface area contributed by atoms with Gasteiger partial charge in [-0.3, -0.25) is 4.79 Å². The van der Waals surface area contributed by atoms with Crippen LogP contribution in [0.5, 0.6) is 0 Å². The summed E-state index contributed by atoms with van der Waals surface area (Å²) in [5, 5.41) is 12.5. The number of amides is 1. The molecular formula is C11H13Cl2NO2. The Labute approximate surface area is 104 Å². The molecule has 0 heterocycles. The number of halogens is 2. The van der Waals surface area contributed by atoms with Crippen LogP contribution in [0.4, 0.5) is 0 Å². The zero-order valence-corrected chi connectivity index (χ0v) is 10.3. The van der Waals surface area contributed by atoms with Crippen molar-refractivity contribution < 1.29 is 9.90 Å². The number of aliphatic hydroxyl groups excluding tert-OH is 1. The van der Waals surface area contributed by atoms with Crippen molar-refractivity contribution in [3.05, 3.63) is 33.8 Å². The van der Waals surface area contributed by atoms with Crippen molar-refractivity contribution in [2.45, 2.75) is 19.4 Å². The van der Waals surface area contributed by atoms with E-state index in [1.54, 1.807) is 6.07 Å². The average Bonchev–Trinajstić information content (AvgIpc) is 2.24. The van der Waals surface area contributed by atoms with E-state index in [4.69, 9.17) is 28.3 Å². The number of rotatable bonds is 4. The van der Waals surface area contributed by atoms with Crippen molar-refractivity contribution in [1.82, 2.24) is 5.32 Å². The maximum atomic E-state index is 11.7. The van der Waals surface area contributed by atoms with Crippen molar-refractivity contribution in [2.75, 3.05) is 6.61 Å². The van der Waals surface area contributed by atoms with Crippen molar-refractivity contribution in [1.29, 1.82) is 0 Å². The molecule has 2 N–H and O–H groups in total. The summed E-state index contributed by atoms with van der Waals surface area (Å²) in [5.74, 6) is -0.287. The Balaban J connectivity index is 2.80. The minimum atomic E-state index is -0.287. The Bertz CT molecular complexity index is 358. The highest BCUT2D eigenvalue weighted by molar-refractivity contribution is 6.35. The second-order valence-corrected chi connectivity index (χ2v) is 4.29. The number of hydrogen-bond acceptors (Lipinski definition) is 2. The monoisotopic (exact) mass is 261 g/mol. The molecule has 1 aromatic carbocycles. The molecule has 0 radical (unpaired) electrons. The van der Waals surface area contributed by atoms with Crippen molar-refractivity contribution in [3.8, 4) is 0 Å². The van der Waals surface area contributed by atoms with Gasteiger partial charge in [0.15, 0.2) is 0 Å². The second kappa shape index (κ2) is 6.09. The first-order valence-electron chi connectivity index (χ1n) is 4.94. The van der Waals surface area contributed by atoms with Gasteiger partial charge in [-0.1, -0.05) is 30.1 Å². The Kier molecular flexibility index (Phi) is 5.06. The van der Waals surface area contributed by atoms with Crippen LogP contribution < -0.4 is 5.32 Å². The third-order valence-electron chi connectivity index (χ3n) is 2.17. The van der Waals surface area contributed by atoms with Gasteiger partial charge in [0.05, 0.1) is 12.6 Å². The van der Waals surface area contributed by atoms with Crippen LogP contribution in [0, 0.1) is 0 Å². The number of carbonyl (C=O) groups is 1. The molecule has 0 saturated heterocycles. The molecule has 0 fully saturated rings. The molecule has 0 saturated carbocycles. The van der Waals surface area contributed by atoms with E-state index in [1.807, 2.05) is 6.92 Å². The maximum Gasteiger partial charge on any atom is 0.251 e. The van der Waals surface area contributed by atoms with Crippen LogP contribution in [-0.4, -0.2) is 23.7 Å². The summed E-state index contributed by atoms with van der Waals surface area (Å²) in [6, 6.07) is 4.38. The SMILES string of the molecule is CC[C@H](CO)NC(=O)c1cc(Cl)cc(Cl)c1. The molecule has 1 atom stereocenters. The van der Waals surface area contributed by atoms with Crippen LogP contribution in [0.3, 0.4) is 0 Å². The van der Waals surface area contributed by atoms with Gasteiger partial charge in [-0.2, -0.15) is 0 Å². The van der Waals surface area contributed by atoms with E-state index >= 15 is 0 Å². The summed E-state index contributed by atoms with van der Waals surface area (Å²) in [5.41, 5.74) is 0.393. The van der Waals surface area contributed by atoms with Crippen LogP contribution in [0.2, 0.25) is 10.0 Å². The zero-order chi connectivity index (χ0) is 12.1. The second-order valence-electron chi connectivity index (χ2n) is 3.42. The van der Waals surface area contributed by atoms with Gasteiger partial charge in [0, 0.05) is 15.6 Å². The minimum Gasteiger partial charge on any atom is -0.394 e. The van der Waals surface area contributed by atoms with Crippen LogP contribution >= 0.6 is 23.2 Å². The number of aliphatic hydroxyl groups is 1. The number of carbonyl (C=O) groups excluding carboxylic acids is 1. The molecule has 3 nitrogen and oxygen atoms in total. The predicted octanol–water partition coefficient (Wildman–Crippen LogP) is 2.49. The Morgan fingerprint density at radius 2 is 1.94 bits per heavy atom. The first-order valence-corrected chi connectivity index (χ1v) is 5.70. The predicted molar refractivity (Wildman–Crippen MR) is 65.1 cm³/mol. The molecule has 0 unspecified atom stereocenters. The molecule has 0 aliphatic rings. The van der Waals surface area contributed by atoms with Gasteiger partial charge >= 0.3 is 0 Å². The lowest BCUT2D eigenvalue weighted by atomic mass is 10.2. The highest BCUT2D eigenvalue weighted by Gasteiger charge is 2.12. The highest BCUT2D eigenvalue weighted by Crippen LogP contribution is 2.19. The van der Waals surface area contributed by atoms with Gasteiger partial charge in [-0.15, -0.1) is 0 Å². The normalized spacial score (nSPS) is 12.2. The molecular weight excluding hydrogens is 249 g/mol. The average molecular weight is 262 g/mol. The third-order valence-corrected chi connectivity index (χ3v) is 2.61. The van der Waals surface area contributed by atoms with Gasteiger partial charge in [-0.05, 0) is 24.6 Å². The molecule has 0 aliphatic carbocycles. The van der Waals surface area contributed by atoms with E-state index in [0.717, 1.165) is 0 Å². The molecule has 16 heavy (non-hydrogen) atoms. The summed E-state index contributed by atoms with van der Waals surface area (Å²) >= 11 is 11.6. The Morgan fingerprint density at radius 3 is 2.38 bits per heavy atom. The van der Waals surface area contributed by atoms with Gasteiger partial charge in [0.25, 0.3) is 5.91 Å². The van der Waals surface area contributed by atoms with E-state index in [9.17, 15) is 4.79 Å². The lowest BCUT2D eigenvalue weighted by Crippen LogP contribution is -2.36. The Hall–Kier alpha value is -0.770. The molecule has 5 heteroatoms. The molecule has 0 spiro atoms. The van der Waals surface area contributed by atoms with E-state index in [0.29, 0.717) is 22.0 Å². The molecule has 1 aromatic rings. The van der Waals surface area contributed by atoms with E-state index in [2.05, 4.69) is 5.32 Å². The van der Waals surface area contributed by atoms with E-state index in [1.165, 1.54) is 12.1 Å². The maximum absolute atomic E-state index is 11.7. The minimum absolute atomic E-state index is 0.0868. The van der Waals surface area contributed by atoms with Crippen LogP contribution in [-0.2, 0) is 0 Å². The zero-order valence-electron chi connectivity index (χ0n) is 8.84. The van der Waals surface area contributed by atoms with Gasteiger partial charge in [0.2, 0.25) is 0 Å². The summed E-state index contributed by atoms with van der Waals surface area (Å²) in [7, 11) is 0. The van der Waals surface area contributed by atoms with Crippen molar-refractivity contribution in [2.24, 2.45) is 0 Å². The fraction of sp³-hybridized carbons (Fsp3) is 0.364. The van der Waals surface area contributed by atoms with Crippen molar-refractivity contribution in [3.63, 3.8) is 0 Å². The highest BCUT2D eigenvalue weighted by atomic mass is 35.5. The van der Waals surface area contributed by atoms with Gasteiger partial charge < -0.3 is 10.4 Å². The smallest absolute Gasteiger partial charge is 0.251 e. The lowest BCUT2D eigenvalue weighted by Gasteiger charge is -2.14. The van der Waals surface area contributed by atoms with Crippen molar-refractivity contribution >= 4 is 29.1 Å². The van der Waals surface area contributed by atoms with Crippen LogP contribution in [0.1, 0.15) is 23.7 Å². The largest absolute Gasteiger partial charge is 0.394 e. The summed E-state index contributed by atoms with van der Waals surface area (Å²) < 4.78 is 0. The topological polar surface area (TPSA) is 49.3 Å². The molecule has 0 aliphatic heterocycles. The first-order chi connectivity index (χ1) is 7.56. The lowest BCUT2D eigenvalue weighted by molar-refractivity contribution is 0.0915.